The van der Waals surface area contributed by atoms with Crippen LogP contribution < -0.4 is 20.1 Å². The third-order valence-electron chi connectivity index (χ3n) is 3.93. The molecule has 0 aliphatic heterocycles. The first-order valence-corrected chi connectivity index (χ1v) is 8.51. The molecular weight excluding hydrogens is 351 g/mol. The van der Waals surface area contributed by atoms with E-state index in [0.29, 0.717) is 30.0 Å². The summed E-state index contributed by atoms with van der Waals surface area (Å²) in [6.45, 7) is 0.161. The van der Waals surface area contributed by atoms with E-state index in [4.69, 9.17) is 9.47 Å². The Hall–Kier alpha value is -3.09. The predicted molar refractivity (Wildman–Crippen MR) is 99.4 cm³/mol. The minimum absolute atomic E-state index is 0.114. The zero-order valence-electron chi connectivity index (χ0n) is 15.4. The Balaban J connectivity index is 1.73. The Bertz CT molecular complexity index is 795. The van der Waals surface area contributed by atoms with Crippen LogP contribution in [0.1, 0.15) is 11.1 Å². The van der Waals surface area contributed by atoms with E-state index in [2.05, 4.69) is 10.6 Å². The number of halogens is 1. The van der Waals surface area contributed by atoms with Crippen LogP contribution >= 0.6 is 0 Å². The van der Waals surface area contributed by atoms with Crippen LogP contribution in [-0.4, -0.2) is 39.1 Å². The number of benzene rings is 2. The zero-order valence-corrected chi connectivity index (χ0v) is 15.4. The van der Waals surface area contributed by atoms with Crippen molar-refractivity contribution in [3.8, 4) is 11.5 Å². The van der Waals surface area contributed by atoms with Crippen LogP contribution in [0, 0.1) is 5.82 Å². The third kappa shape index (κ3) is 6.29. The Morgan fingerprint density at radius 1 is 0.963 bits per heavy atom. The molecule has 144 valence electrons. The lowest BCUT2D eigenvalue weighted by atomic mass is 10.1. The highest BCUT2D eigenvalue weighted by molar-refractivity contribution is 5.85. The smallest absolute Gasteiger partial charge is 0.239 e. The van der Waals surface area contributed by atoms with Gasteiger partial charge in [-0.2, -0.15) is 0 Å². The summed E-state index contributed by atoms with van der Waals surface area (Å²) in [6.07, 6.45) is 0.501. The normalized spacial score (nSPS) is 10.2. The molecule has 0 saturated heterocycles. The monoisotopic (exact) mass is 374 g/mol. The van der Waals surface area contributed by atoms with Gasteiger partial charge in [-0.25, -0.2) is 4.39 Å². The van der Waals surface area contributed by atoms with Crippen LogP contribution in [0.25, 0.3) is 0 Å². The Kier molecular flexibility index (Phi) is 7.61. The molecule has 0 heterocycles. The van der Waals surface area contributed by atoms with Gasteiger partial charge in [-0.3, -0.25) is 9.59 Å². The van der Waals surface area contributed by atoms with E-state index in [1.165, 1.54) is 20.3 Å². The van der Waals surface area contributed by atoms with E-state index >= 15 is 0 Å². The van der Waals surface area contributed by atoms with Gasteiger partial charge in [0.2, 0.25) is 11.8 Å². The number of methoxy groups -OCH3 is 2. The summed E-state index contributed by atoms with van der Waals surface area (Å²) in [5.74, 6) is 0.207. The molecule has 6 nitrogen and oxygen atoms in total. The average molecular weight is 374 g/mol. The van der Waals surface area contributed by atoms with Gasteiger partial charge < -0.3 is 20.1 Å². The van der Waals surface area contributed by atoms with Gasteiger partial charge in [-0.05, 0) is 35.7 Å². The molecule has 0 unspecified atom stereocenters. The molecule has 0 spiro atoms. The molecular formula is C20H23FN2O4. The van der Waals surface area contributed by atoms with E-state index < -0.39 is 0 Å². The van der Waals surface area contributed by atoms with Crippen LogP contribution in [0.3, 0.4) is 0 Å². The summed E-state index contributed by atoms with van der Waals surface area (Å²) < 4.78 is 23.8. The highest BCUT2D eigenvalue weighted by Gasteiger charge is 2.10. The van der Waals surface area contributed by atoms with Crippen molar-refractivity contribution in [2.45, 2.75) is 12.8 Å². The summed E-state index contributed by atoms with van der Waals surface area (Å²) in [4.78, 5) is 23.8. The first-order valence-electron chi connectivity index (χ1n) is 8.51. The van der Waals surface area contributed by atoms with E-state index in [0.717, 1.165) is 5.56 Å². The quantitative estimate of drug-likeness (QED) is 0.703. The molecule has 0 bridgehead atoms. The fraction of sp³-hybridized carbons (Fsp3) is 0.300. The number of ether oxygens (including phenoxy) is 2. The van der Waals surface area contributed by atoms with Crippen molar-refractivity contribution in [3.63, 3.8) is 0 Å². The summed E-state index contributed by atoms with van der Waals surface area (Å²) in [5.41, 5.74) is 1.28. The van der Waals surface area contributed by atoms with Gasteiger partial charge in [0.05, 0.1) is 27.2 Å². The van der Waals surface area contributed by atoms with Crippen LogP contribution in [0.2, 0.25) is 0 Å². The largest absolute Gasteiger partial charge is 0.493 e. The lowest BCUT2D eigenvalue weighted by Gasteiger charge is -2.10. The number of amides is 2. The number of carbonyl (C=O) groups is 2. The first kappa shape index (κ1) is 20.2. The van der Waals surface area contributed by atoms with Crippen molar-refractivity contribution in [3.05, 3.63) is 59.4 Å². The minimum atomic E-state index is -0.327. The van der Waals surface area contributed by atoms with Gasteiger partial charge in [-0.15, -0.1) is 0 Å². The zero-order chi connectivity index (χ0) is 19.6. The van der Waals surface area contributed by atoms with Gasteiger partial charge in [0.25, 0.3) is 0 Å². The maximum absolute atomic E-state index is 13.5. The molecule has 27 heavy (non-hydrogen) atoms. The van der Waals surface area contributed by atoms with Crippen LogP contribution in [0.4, 0.5) is 4.39 Å². The molecule has 7 heteroatoms. The SMILES string of the molecule is COc1ccc(CC(=O)NCC(=O)NCCc2ccccc2F)cc1OC. The van der Waals surface area contributed by atoms with Crippen molar-refractivity contribution in [1.82, 2.24) is 10.6 Å². The summed E-state index contributed by atoms with van der Waals surface area (Å²) >= 11 is 0. The van der Waals surface area contributed by atoms with Crippen molar-refractivity contribution >= 4 is 11.8 Å². The molecule has 0 aliphatic carbocycles. The third-order valence-corrected chi connectivity index (χ3v) is 3.93. The van der Waals surface area contributed by atoms with Crippen molar-refractivity contribution in [1.29, 1.82) is 0 Å². The van der Waals surface area contributed by atoms with Crippen LogP contribution in [0.5, 0.6) is 11.5 Å². The standard InChI is InChI=1S/C20H23FN2O4/c1-26-17-8-7-14(11-18(17)27-2)12-19(24)23-13-20(25)22-10-9-15-5-3-4-6-16(15)21/h3-8,11H,9-10,12-13H2,1-2H3,(H,22,25)(H,23,24). The molecule has 0 radical (unpaired) electrons. The van der Waals surface area contributed by atoms with Crippen molar-refractivity contribution in [2.75, 3.05) is 27.3 Å². The highest BCUT2D eigenvalue weighted by atomic mass is 19.1. The second-order valence-corrected chi connectivity index (χ2v) is 5.83. The number of hydrogen-bond donors (Lipinski definition) is 2. The molecule has 2 amide bonds. The average Bonchev–Trinajstić information content (AvgIpc) is 2.67. The van der Waals surface area contributed by atoms with Gasteiger partial charge in [0, 0.05) is 6.54 Å². The number of rotatable bonds is 9. The fourth-order valence-electron chi connectivity index (χ4n) is 2.52. The van der Waals surface area contributed by atoms with Crippen LogP contribution in [-0.2, 0) is 22.4 Å². The first-order chi connectivity index (χ1) is 13.0. The lowest BCUT2D eigenvalue weighted by Crippen LogP contribution is -2.38. The van der Waals surface area contributed by atoms with E-state index in [1.807, 2.05) is 0 Å². The molecule has 0 aromatic heterocycles. The molecule has 2 N–H and O–H groups in total. The molecule has 0 atom stereocenters. The maximum Gasteiger partial charge on any atom is 0.239 e. The molecule has 0 saturated carbocycles. The van der Waals surface area contributed by atoms with E-state index in [9.17, 15) is 14.0 Å². The Morgan fingerprint density at radius 3 is 2.41 bits per heavy atom. The molecule has 2 rings (SSSR count). The van der Waals surface area contributed by atoms with Gasteiger partial charge in [-0.1, -0.05) is 24.3 Å². The predicted octanol–water partition coefficient (Wildman–Crippen LogP) is 1.86. The topological polar surface area (TPSA) is 76.7 Å². The van der Waals surface area contributed by atoms with Crippen molar-refractivity contribution < 1.29 is 23.5 Å². The van der Waals surface area contributed by atoms with E-state index in [1.54, 1.807) is 36.4 Å². The number of hydrogen-bond acceptors (Lipinski definition) is 4. The minimum Gasteiger partial charge on any atom is -0.493 e. The molecule has 2 aromatic carbocycles. The fourth-order valence-corrected chi connectivity index (χ4v) is 2.52. The molecule has 2 aromatic rings. The Labute approximate surface area is 157 Å². The second kappa shape index (κ2) is 10.2. The number of nitrogens with one attached hydrogen (secondary N) is 2. The maximum atomic E-state index is 13.5. The van der Waals surface area contributed by atoms with Crippen LogP contribution in [0.15, 0.2) is 42.5 Å². The van der Waals surface area contributed by atoms with E-state index in [-0.39, 0.29) is 30.6 Å². The van der Waals surface area contributed by atoms with Gasteiger partial charge in [0.1, 0.15) is 5.82 Å². The summed E-state index contributed by atoms with van der Waals surface area (Å²) in [7, 11) is 3.06. The van der Waals surface area contributed by atoms with Gasteiger partial charge in [0.15, 0.2) is 11.5 Å². The molecule has 0 fully saturated rings. The van der Waals surface area contributed by atoms with Gasteiger partial charge >= 0.3 is 0 Å². The summed E-state index contributed by atoms with van der Waals surface area (Å²) in [5, 5.41) is 5.21. The Morgan fingerprint density at radius 2 is 1.70 bits per heavy atom. The highest BCUT2D eigenvalue weighted by Crippen LogP contribution is 2.27. The lowest BCUT2D eigenvalue weighted by molar-refractivity contribution is -0.125. The molecule has 0 aliphatic rings. The van der Waals surface area contributed by atoms with Crippen molar-refractivity contribution in [2.24, 2.45) is 0 Å². The second-order valence-electron chi connectivity index (χ2n) is 5.83. The number of carbonyl (C=O) groups excluding carboxylic acids is 2. The summed E-state index contributed by atoms with van der Waals surface area (Å²) in [6, 6.07) is 11.6.